The predicted molar refractivity (Wildman–Crippen MR) is 94.5 cm³/mol. The first kappa shape index (κ1) is 20.4. The lowest BCUT2D eigenvalue weighted by Gasteiger charge is -2.35. The van der Waals surface area contributed by atoms with Gasteiger partial charge in [-0.15, -0.1) is 0 Å². The zero-order valence-electron chi connectivity index (χ0n) is 14.1. The van der Waals surface area contributed by atoms with E-state index in [4.69, 9.17) is 23.2 Å². The Morgan fingerprint density at radius 1 is 0.643 bits per heavy atom. The number of hydrogen-bond acceptors (Lipinski definition) is 2. The fourth-order valence-corrected chi connectivity index (χ4v) is 3.29. The topological polar surface area (TPSA) is 40.6 Å². The van der Waals surface area contributed by atoms with Crippen LogP contribution in [0, 0.1) is 23.3 Å². The fourth-order valence-electron chi connectivity index (χ4n) is 2.83. The Morgan fingerprint density at radius 3 is 1.25 bits per heavy atom. The van der Waals surface area contributed by atoms with E-state index in [0.29, 0.717) is 0 Å². The van der Waals surface area contributed by atoms with Gasteiger partial charge >= 0.3 is 0 Å². The summed E-state index contributed by atoms with van der Waals surface area (Å²) in [6.45, 7) is 0.338. The summed E-state index contributed by atoms with van der Waals surface area (Å²) in [5.74, 6) is -5.95. The summed E-state index contributed by atoms with van der Waals surface area (Å²) < 4.78 is 53.2. The van der Waals surface area contributed by atoms with Crippen LogP contribution in [-0.4, -0.2) is 47.8 Å². The number of halogens is 6. The van der Waals surface area contributed by atoms with Crippen LogP contribution in [-0.2, 0) is 0 Å². The van der Waals surface area contributed by atoms with E-state index in [9.17, 15) is 27.2 Å². The maximum absolute atomic E-state index is 13.4. The molecular weight excluding hydrogens is 423 g/mol. The third kappa shape index (κ3) is 3.93. The molecule has 148 valence electrons. The molecule has 28 heavy (non-hydrogen) atoms. The van der Waals surface area contributed by atoms with E-state index < -0.39 is 35.1 Å². The van der Waals surface area contributed by atoms with E-state index >= 15 is 0 Å². The van der Waals surface area contributed by atoms with E-state index in [-0.39, 0.29) is 47.4 Å². The van der Waals surface area contributed by atoms with Crippen molar-refractivity contribution >= 4 is 35.0 Å². The van der Waals surface area contributed by atoms with E-state index in [0.717, 1.165) is 24.3 Å². The quantitative estimate of drug-likeness (QED) is 0.526. The number of nitrogens with zero attached hydrogens (tertiary/aromatic N) is 2. The van der Waals surface area contributed by atoms with Crippen LogP contribution in [0.15, 0.2) is 24.3 Å². The Morgan fingerprint density at radius 2 is 0.929 bits per heavy atom. The van der Waals surface area contributed by atoms with Crippen molar-refractivity contribution in [3.05, 3.63) is 68.7 Å². The van der Waals surface area contributed by atoms with Gasteiger partial charge in [-0.2, -0.15) is 0 Å². The average Bonchev–Trinajstić information content (AvgIpc) is 2.66. The molecule has 2 aromatic rings. The first-order chi connectivity index (χ1) is 13.2. The van der Waals surface area contributed by atoms with Gasteiger partial charge in [0.15, 0.2) is 23.3 Å². The summed E-state index contributed by atoms with van der Waals surface area (Å²) in [5, 5.41) is -0.452. The number of carbonyl (C=O) groups is 2. The molecule has 0 aromatic heterocycles. The van der Waals surface area contributed by atoms with E-state index in [1.54, 1.807) is 0 Å². The molecule has 10 heteroatoms. The molecule has 0 N–H and O–H groups in total. The number of carbonyl (C=O) groups excluding carboxylic acids is 2. The van der Waals surface area contributed by atoms with Crippen molar-refractivity contribution in [3.63, 3.8) is 0 Å². The molecule has 3 rings (SSSR count). The summed E-state index contributed by atoms with van der Waals surface area (Å²) in [6, 6.07) is 2.88. The largest absolute Gasteiger partial charge is 0.335 e. The highest BCUT2D eigenvalue weighted by Crippen LogP contribution is 2.24. The van der Waals surface area contributed by atoms with E-state index in [2.05, 4.69) is 0 Å². The highest BCUT2D eigenvalue weighted by atomic mass is 35.5. The molecule has 1 heterocycles. The zero-order chi connectivity index (χ0) is 20.6. The van der Waals surface area contributed by atoms with E-state index in [1.165, 1.54) is 9.80 Å². The minimum atomic E-state index is -1.20. The third-order valence-electron chi connectivity index (χ3n) is 4.33. The molecule has 0 unspecified atom stereocenters. The van der Waals surface area contributed by atoms with Crippen molar-refractivity contribution in [2.75, 3.05) is 26.2 Å². The average molecular weight is 435 g/mol. The van der Waals surface area contributed by atoms with Gasteiger partial charge in [0.25, 0.3) is 11.8 Å². The van der Waals surface area contributed by atoms with Crippen LogP contribution in [0.4, 0.5) is 17.6 Å². The Bertz CT molecular complexity index is 886. The Labute approximate surface area is 167 Å². The maximum Gasteiger partial charge on any atom is 0.255 e. The number of rotatable bonds is 2. The monoisotopic (exact) mass is 434 g/mol. The van der Waals surface area contributed by atoms with Gasteiger partial charge in [0.2, 0.25) is 0 Å². The van der Waals surface area contributed by atoms with Crippen molar-refractivity contribution < 1.29 is 27.2 Å². The molecule has 0 spiro atoms. The molecule has 4 nitrogen and oxygen atoms in total. The van der Waals surface area contributed by atoms with Crippen LogP contribution < -0.4 is 0 Å². The number of benzene rings is 2. The third-order valence-corrected chi connectivity index (χ3v) is 4.96. The SMILES string of the molecule is O=C(c1cc(F)c(F)cc1Cl)N1CCN(C(=O)c2cc(F)c(F)cc2Cl)CC1. The molecule has 0 bridgehead atoms. The molecule has 2 aromatic carbocycles. The van der Waals surface area contributed by atoms with Gasteiger partial charge < -0.3 is 9.80 Å². The van der Waals surface area contributed by atoms with Crippen LogP contribution in [0.1, 0.15) is 20.7 Å². The smallest absolute Gasteiger partial charge is 0.255 e. The minimum Gasteiger partial charge on any atom is -0.335 e. The Kier molecular flexibility index (Phi) is 5.81. The van der Waals surface area contributed by atoms with E-state index in [1.807, 2.05) is 0 Å². The zero-order valence-corrected chi connectivity index (χ0v) is 15.6. The summed E-state index contributed by atoms with van der Waals surface area (Å²) >= 11 is 11.6. The van der Waals surface area contributed by atoms with Crippen molar-refractivity contribution in [3.8, 4) is 0 Å². The van der Waals surface area contributed by atoms with Crippen molar-refractivity contribution in [2.45, 2.75) is 0 Å². The van der Waals surface area contributed by atoms with Crippen molar-refractivity contribution in [1.82, 2.24) is 9.80 Å². The normalized spacial score (nSPS) is 14.4. The molecular formula is C18H12Cl2F4N2O2. The summed E-state index contributed by atoms with van der Waals surface area (Å²) in [4.78, 5) is 27.7. The molecule has 1 fully saturated rings. The first-order valence-corrected chi connectivity index (χ1v) is 8.82. The molecule has 1 aliphatic heterocycles. The van der Waals surface area contributed by atoms with Gasteiger partial charge in [-0.25, -0.2) is 17.6 Å². The second-order valence-electron chi connectivity index (χ2n) is 6.08. The highest BCUT2D eigenvalue weighted by molar-refractivity contribution is 6.34. The fraction of sp³-hybridized carbons (Fsp3) is 0.222. The Hall–Kier alpha value is -2.32. The molecule has 0 atom stereocenters. The minimum absolute atomic E-state index is 0.0845. The summed E-state index contributed by atoms with van der Waals surface area (Å²) in [5.41, 5.74) is -0.381. The highest BCUT2D eigenvalue weighted by Gasteiger charge is 2.28. The first-order valence-electron chi connectivity index (χ1n) is 8.06. The lowest BCUT2D eigenvalue weighted by molar-refractivity contribution is 0.0535. The van der Waals surface area contributed by atoms with Crippen LogP contribution in [0.2, 0.25) is 10.0 Å². The van der Waals surface area contributed by atoms with Crippen molar-refractivity contribution in [1.29, 1.82) is 0 Å². The van der Waals surface area contributed by atoms with Crippen LogP contribution in [0.25, 0.3) is 0 Å². The molecule has 0 saturated carbocycles. The lowest BCUT2D eigenvalue weighted by Crippen LogP contribution is -2.50. The van der Waals surface area contributed by atoms with Gasteiger partial charge in [0.1, 0.15) is 0 Å². The summed E-state index contributed by atoms with van der Waals surface area (Å²) in [7, 11) is 0. The number of hydrogen-bond donors (Lipinski definition) is 0. The van der Waals surface area contributed by atoms with Crippen LogP contribution >= 0.6 is 23.2 Å². The predicted octanol–water partition coefficient (Wildman–Crippen LogP) is 4.15. The Balaban J connectivity index is 1.71. The van der Waals surface area contributed by atoms with Gasteiger partial charge in [0, 0.05) is 26.2 Å². The van der Waals surface area contributed by atoms with Crippen LogP contribution in [0.3, 0.4) is 0 Å². The molecule has 0 radical (unpaired) electrons. The molecule has 2 amide bonds. The van der Waals surface area contributed by atoms with Gasteiger partial charge in [-0.05, 0) is 24.3 Å². The lowest BCUT2D eigenvalue weighted by atomic mass is 10.1. The van der Waals surface area contributed by atoms with Gasteiger partial charge in [-0.1, -0.05) is 23.2 Å². The second kappa shape index (κ2) is 7.97. The van der Waals surface area contributed by atoms with Crippen LogP contribution in [0.5, 0.6) is 0 Å². The maximum atomic E-state index is 13.4. The second-order valence-corrected chi connectivity index (χ2v) is 6.89. The van der Waals surface area contributed by atoms with Gasteiger partial charge in [-0.3, -0.25) is 9.59 Å². The number of piperazine rings is 1. The van der Waals surface area contributed by atoms with Crippen molar-refractivity contribution in [2.24, 2.45) is 0 Å². The van der Waals surface area contributed by atoms with Gasteiger partial charge in [0.05, 0.1) is 21.2 Å². The molecule has 0 aliphatic carbocycles. The molecule has 1 saturated heterocycles. The number of amides is 2. The standard InChI is InChI=1S/C18H12Cl2F4N2O2/c19-11-7-15(23)13(21)5-9(11)17(27)25-1-2-26(4-3-25)18(28)10-6-14(22)16(24)8-12(10)20/h5-8H,1-4H2. The molecule has 1 aliphatic rings. The summed E-state index contributed by atoms with van der Waals surface area (Å²) in [6.07, 6.45) is 0.